The van der Waals surface area contributed by atoms with Crippen LogP contribution in [0.1, 0.15) is 39.4 Å². The molecule has 5 nitrogen and oxygen atoms in total. The van der Waals surface area contributed by atoms with E-state index in [2.05, 4.69) is 0 Å². The van der Waals surface area contributed by atoms with Crippen LogP contribution < -0.4 is 4.74 Å². The summed E-state index contributed by atoms with van der Waals surface area (Å²) >= 11 is 0. The van der Waals surface area contributed by atoms with Gasteiger partial charge in [0.15, 0.2) is 0 Å². The average molecular weight is 348 g/mol. The molecule has 0 aliphatic heterocycles. The van der Waals surface area contributed by atoms with E-state index in [1.54, 1.807) is 19.1 Å². The molecule has 1 rings (SSSR count). The van der Waals surface area contributed by atoms with Crippen LogP contribution in [0.15, 0.2) is 47.6 Å². The summed E-state index contributed by atoms with van der Waals surface area (Å²) in [5, 5.41) is 19.3. The molecule has 138 valence electrons. The molecule has 1 aromatic carbocycles. The van der Waals surface area contributed by atoms with Crippen LogP contribution in [-0.4, -0.2) is 36.0 Å². The summed E-state index contributed by atoms with van der Waals surface area (Å²) in [7, 11) is 0. The van der Waals surface area contributed by atoms with Crippen molar-refractivity contribution in [2.24, 2.45) is 5.92 Å². The molecule has 0 radical (unpaired) electrons. The van der Waals surface area contributed by atoms with E-state index in [1.165, 1.54) is 6.08 Å². The van der Waals surface area contributed by atoms with Gasteiger partial charge in [-0.15, -0.1) is 0 Å². The van der Waals surface area contributed by atoms with Crippen LogP contribution in [-0.2, 0) is 9.53 Å². The van der Waals surface area contributed by atoms with E-state index < -0.39 is 6.10 Å². The van der Waals surface area contributed by atoms with Gasteiger partial charge in [-0.25, -0.2) is 4.79 Å². The highest BCUT2D eigenvalue weighted by molar-refractivity contribution is 5.83. The average Bonchev–Trinajstić information content (AvgIpc) is 2.59. The molecule has 0 aliphatic carbocycles. The fourth-order valence-corrected chi connectivity index (χ4v) is 2.36. The molecule has 0 heterocycles. The highest BCUT2D eigenvalue weighted by Crippen LogP contribution is 2.29. The van der Waals surface area contributed by atoms with E-state index in [0.29, 0.717) is 12.4 Å². The Morgan fingerprint density at radius 3 is 2.40 bits per heavy atom. The monoisotopic (exact) mass is 348 g/mol. The van der Waals surface area contributed by atoms with Crippen molar-refractivity contribution in [1.82, 2.24) is 0 Å². The normalized spacial score (nSPS) is 14.8. The van der Waals surface area contributed by atoms with Gasteiger partial charge in [0, 0.05) is 12.0 Å². The summed E-state index contributed by atoms with van der Waals surface area (Å²) in [5.74, 6) is 0.170. The molecule has 25 heavy (non-hydrogen) atoms. The predicted molar refractivity (Wildman–Crippen MR) is 97.3 cm³/mol. The van der Waals surface area contributed by atoms with Crippen molar-refractivity contribution < 1.29 is 24.5 Å². The van der Waals surface area contributed by atoms with Crippen molar-refractivity contribution in [1.29, 1.82) is 0 Å². The summed E-state index contributed by atoms with van der Waals surface area (Å²) in [6.07, 6.45) is 2.65. The SMILES string of the molecule is CCOC(=O)/C=C(C)/C=C(\C)[C@@H](C)[C@H](O)c1ccc(OCCO)cc1. The van der Waals surface area contributed by atoms with Gasteiger partial charge in [-0.05, 0) is 44.0 Å². The van der Waals surface area contributed by atoms with Gasteiger partial charge >= 0.3 is 5.97 Å². The quantitative estimate of drug-likeness (QED) is 0.407. The Labute approximate surface area is 149 Å². The third-order valence-corrected chi connectivity index (χ3v) is 3.86. The Morgan fingerprint density at radius 1 is 1.20 bits per heavy atom. The molecule has 2 N–H and O–H groups in total. The molecule has 0 aromatic heterocycles. The van der Waals surface area contributed by atoms with E-state index in [9.17, 15) is 9.90 Å². The van der Waals surface area contributed by atoms with Gasteiger partial charge in [-0.3, -0.25) is 0 Å². The van der Waals surface area contributed by atoms with Crippen LogP contribution in [0.5, 0.6) is 5.75 Å². The largest absolute Gasteiger partial charge is 0.491 e. The van der Waals surface area contributed by atoms with Gasteiger partial charge in [-0.1, -0.05) is 30.7 Å². The van der Waals surface area contributed by atoms with Crippen LogP contribution in [0, 0.1) is 5.92 Å². The van der Waals surface area contributed by atoms with Gasteiger partial charge < -0.3 is 19.7 Å². The highest BCUT2D eigenvalue weighted by atomic mass is 16.5. The first-order valence-corrected chi connectivity index (χ1v) is 8.44. The molecule has 5 heteroatoms. The van der Waals surface area contributed by atoms with Crippen LogP contribution in [0.3, 0.4) is 0 Å². The number of hydrogen-bond acceptors (Lipinski definition) is 5. The smallest absolute Gasteiger partial charge is 0.330 e. The second-order valence-electron chi connectivity index (χ2n) is 5.90. The molecule has 0 unspecified atom stereocenters. The Balaban J connectivity index is 2.78. The molecule has 2 atom stereocenters. The van der Waals surface area contributed by atoms with E-state index >= 15 is 0 Å². The molecule has 1 aromatic rings. The molecule has 0 saturated heterocycles. The molecule has 0 saturated carbocycles. The highest BCUT2D eigenvalue weighted by Gasteiger charge is 2.18. The Kier molecular flexibility index (Phi) is 8.95. The number of hydrogen-bond donors (Lipinski definition) is 2. The minimum atomic E-state index is -0.668. The molecule has 0 spiro atoms. The Bertz CT molecular complexity index is 601. The maximum Gasteiger partial charge on any atom is 0.330 e. The number of carbonyl (C=O) groups excluding carboxylic acids is 1. The van der Waals surface area contributed by atoms with E-state index in [4.69, 9.17) is 14.6 Å². The molecule has 0 amide bonds. The van der Waals surface area contributed by atoms with E-state index in [-0.39, 0.29) is 25.1 Å². The van der Waals surface area contributed by atoms with E-state index in [0.717, 1.165) is 16.7 Å². The third kappa shape index (κ3) is 7.11. The maximum atomic E-state index is 11.5. The molecular weight excluding hydrogens is 320 g/mol. The van der Waals surface area contributed by atoms with Gasteiger partial charge in [0.1, 0.15) is 12.4 Å². The van der Waals surface area contributed by atoms with Gasteiger partial charge in [0.25, 0.3) is 0 Å². The lowest BCUT2D eigenvalue weighted by Crippen LogP contribution is -2.11. The minimum Gasteiger partial charge on any atom is -0.491 e. The van der Waals surface area contributed by atoms with Gasteiger partial charge in [0.2, 0.25) is 0 Å². The lowest BCUT2D eigenvalue weighted by atomic mass is 9.90. The fourth-order valence-electron chi connectivity index (χ4n) is 2.36. The van der Waals surface area contributed by atoms with Crippen molar-refractivity contribution in [3.8, 4) is 5.75 Å². The fraction of sp³-hybridized carbons (Fsp3) is 0.450. The van der Waals surface area contributed by atoms with Gasteiger partial charge in [-0.2, -0.15) is 0 Å². The number of aliphatic hydroxyl groups is 2. The zero-order chi connectivity index (χ0) is 18.8. The van der Waals surface area contributed by atoms with Crippen molar-refractivity contribution in [2.75, 3.05) is 19.8 Å². The molecule has 0 aliphatic rings. The van der Waals surface area contributed by atoms with Crippen LogP contribution in [0.25, 0.3) is 0 Å². The second-order valence-corrected chi connectivity index (χ2v) is 5.90. The number of carbonyl (C=O) groups is 1. The topological polar surface area (TPSA) is 76.0 Å². The zero-order valence-electron chi connectivity index (χ0n) is 15.4. The minimum absolute atomic E-state index is 0.0376. The summed E-state index contributed by atoms with van der Waals surface area (Å²) in [4.78, 5) is 11.5. The van der Waals surface area contributed by atoms with Crippen molar-refractivity contribution >= 4 is 5.97 Å². The van der Waals surface area contributed by atoms with Crippen molar-refractivity contribution in [3.05, 3.63) is 53.1 Å². The number of allylic oxidation sites excluding steroid dienone is 2. The van der Waals surface area contributed by atoms with Crippen molar-refractivity contribution in [3.63, 3.8) is 0 Å². The first-order chi connectivity index (χ1) is 11.9. The lowest BCUT2D eigenvalue weighted by Gasteiger charge is -2.20. The van der Waals surface area contributed by atoms with Crippen LogP contribution in [0.2, 0.25) is 0 Å². The first kappa shape index (κ1) is 20.9. The number of aliphatic hydroxyl groups excluding tert-OH is 2. The first-order valence-electron chi connectivity index (χ1n) is 8.44. The Hall–Kier alpha value is -2.11. The zero-order valence-corrected chi connectivity index (χ0v) is 15.4. The number of ether oxygens (including phenoxy) is 2. The predicted octanol–water partition coefficient (Wildman–Crippen LogP) is 3.18. The summed E-state index contributed by atoms with van der Waals surface area (Å²) in [5.41, 5.74) is 2.53. The van der Waals surface area contributed by atoms with Crippen molar-refractivity contribution in [2.45, 2.75) is 33.8 Å². The van der Waals surface area contributed by atoms with E-state index in [1.807, 2.05) is 39.0 Å². The molecule has 0 fully saturated rings. The Morgan fingerprint density at radius 2 is 1.84 bits per heavy atom. The van der Waals surface area contributed by atoms with Crippen LogP contribution in [0.4, 0.5) is 0 Å². The van der Waals surface area contributed by atoms with Crippen LogP contribution >= 0.6 is 0 Å². The summed E-state index contributed by atoms with van der Waals surface area (Å²) in [6.45, 7) is 8.00. The third-order valence-electron chi connectivity index (χ3n) is 3.86. The lowest BCUT2D eigenvalue weighted by molar-refractivity contribution is -0.137. The number of benzene rings is 1. The maximum absolute atomic E-state index is 11.5. The summed E-state index contributed by atoms with van der Waals surface area (Å²) < 4.78 is 10.2. The second kappa shape index (κ2) is 10.7. The number of esters is 1. The number of rotatable bonds is 9. The van der Waals surface area contributed by atoms with Gasteiger partial charge in [0.05, 0.1) is 19.3 Å². The molecular formula is C20H28O5. The summed E-state index contributed by atoms with van der Waals surface area (Å²) in [6, 6.07) is 7.16. The molecule has 0 bridgehead atoms. The standard InChI is InChI=1S/C20H28O5/c1-5-24-19(22)13-14(2)12-15(3)16(4)20(23)17-6-8-18(9-7-17)25-11-10-21/h6-9,12-13,16,20-21,23H,5,10-11H2,1-4H3/b14-13+,15-12+/t16-,20+/m1/s1.